The predicted octanol–water partition coefficient (Wildman–Crippen LogP) is 1.85. The van der Waals surface area contributed by atoms with E-state index in [1.165, 1.54) is 21.3 Å². The first-order chi connectivity index (χ1) is 13.1. The van der Waals surface area contributed by atoms with Crippen LogP contribution in [-0.2, 0) is 16.0 Å². The molecule has 0 aliphatic heterocycles. The average Bonchev–Trinajstić information content (AvgIpc) is 3.17. The molecular formula is C18H25N3O6. The van der Waals surface area contributed by atoms with E-state index < -0.39 is 0 Å². The van der Waals surface area contributed by atoms with Crippen LogP contribution in [0.15, 0.2) is 16.7 Å². The first-order valence-corrected chi connectivity index (χ1v) is 8.51. The number of hydrogen-bond donors (Lipinski definition) is 1. The number of nitrogens with zero attached hydrogens (tertiary/aromatic N) is 2. The van der Waals surface area contributed by atoms with Crippen LogP contribution in [0.4, 0.5) is 0 Å². The second-order valence-electron chi connectivity index (χ2n) is 5.62. The molecule has 2 rings (SSSR count). The summed E-state index contributed by atoms with van der Waals surface area (Å²) in [6, 6.07) is 3.47. The molecule has 0 saturated carbocycles. The van der Waals surface area contributed by atoms with Gasteiger partial charge in [0.25, 0.3) is 0 Å². The molecule has 0 atom stereocenters. The first-order valence-electron chi connectivity index (χ1n) is 8.51. The van der Waals surface area contributed by atoms with Gasteiger partial charge >= 0.3 is 0 Å². The Morgan fingerprint density at radius 2 is 1.81 bits per heavy atom. The lowest BCUT2D eigenvalue weighted by Crippen LogP contribution is -2.25. The van der Waals surface area contributed by atoms with Crippen molar-refractivity contribution >= 4 is 5.91 Å². The van der Waals surface area contributed by atoms with Crippen molar-refractivity contribution in [1.29, 1.82) is 0 Å². The number of rotatable bonds is 11. The van der Waals surface area contributed by atoms with Crippen LogP contribution in [0.2, 0.25) is 0 Å². The Labute approximate surface area is 157 Å². The molecular weight excluding hydrogens is 354 g/mol. The molecule has 0 bridgehead atoms. The molecule has 0 radical (unpaired) electrons. The molecule has 2 aromatic rings. The lowest BCUT2D eigenvalue weighted by molar-refractivity contribution is -0.121. The van der Waals surface area contributed by atoms with Gasteiger partial charge in [-0.1, -0.05) is 5.16 Å². The molecule has 1 N–H and O–H groups in total. The van der Waals surface area contributed by atoms with E-state index in [1.807, 2.05) is 0 Å². The van der Waals surface area contributed by atoms with Gasteiger partial charge in [0.15, 0.2) is 11.5 Å². The molecule has 0 spiro atoms. The zero-order chi connectivity index (χ0) is 19.6. The number of methoxy groups -OCH3 is 4. The number of benzene rings is 1. The van der Waals surface area contributed by atoms with Gasteiger partial charge in [0.2, 0.25) is 23.4 Å². The van der Waals surface area contributed by atoms with Crippen molar-refractivity contribution in [2.45, 2.75) is 19.3 Å². The fourth-order valence-corrected chi connectivity index (χ4v) is 2.44. The van der Waals surface area contributed by atoms with Gasteiger partial charge in [-0.05, 0) is 18.6 Å². The average molecular weight is 379 g/mol. The molecule has 1 aromatic carbocycles. The Balaban J connectivity index is 2.02. The molecule has 148 valence electrons. The van der Waals surface area contributed by atoms with Gasteiger partial charge in [-0.2, -0.15) is 4.98 Å². The highest BCUT2D eigenvalue weighted by molar-refractivity contribution is 5.76. The van der Waals surface area contributed by atoms with Gasteiger partial charge in [-0.15, -0.1) is 0 Å². The van der Waals surface area contributed by atoms with Crippen LogP contribution >= 0.6 is 0 Å². The Morgan fingerprint density at radius 1 is 1.11 bits per heavy atom. The molecule has 9 heteroatoms. The number of nitrogens with one attached hydrogen (secondary N) is 1. The van der Waals surface area contributed by atoms with Crippen molar-refractivity contribution in [2.75, 3.05) is 41.6 Å². The van der Waals surface area contributed by atoms with E-state index in [4.69, 9.17) is 23.5 Å². The van der Waals surface area contributed by atoms with E-state index in [0.717, 1.165) is 6.42 Å². The standard InChI is InChI=1S/C18H25N3O6/c1-23-9-5-8-19-15(22)6-7-16-20-18(21-27-16)12-10-13(24-2)17(26-4)14(11-12)25-3/h10-11H,5-9H2,1-4H3,(H,19,22). The minimum atomic E-state index is -0.0707. The summed E-state index contributed by atoms with van der Waals surface area (Å²) in [6.45, 7) is 1.19. The molecule has 0 unspecified atom stereocenters. The number of aromatic nitrogens is 2. The summed E-state index contributed by atoms with van der Waals surface area (Å²) in [5, 5.41) is 6.78. The van der Waals surface area contributed by atoms with Crippen LogP contribution < -0.4 is 19.5 Å². The van der Waals surface area contributed by atoms with E-state index in [2.05, 4.69) is 15.5 Å². The summed E-state index contributed by atoms with van der Waals surface area (Å²) < 4.78 is 26.1. The normalized spacial score (nSPS) is 10.5. The van der Waals surface area contributed by atoms with Gasteiger partial charge in [-0.3, -0.25) is 4.79 Å². The van der Waals surface area contributed by atoms with Crippen LogP contribution in [0.1, 0.15) is 18.7 Å². The van der Waals surface area contributed by atoms with Gasteiger partial charge in [-0.25, -0.2) is 0 Å². The van der Waals surface area contributed by atoms with E-state index in [-0.39, 0.29) is 12.3 Å². The van der Waals surface area contributed by atoms with Crippen molar-refractivity contribution in [3.63, 3.8) is 0 Å². The highest BCUT2D eigenvalue weighted by Crippen LogP contribution is 2.40. The van der Waals surface area contributed by atoms with Crippen molar-refractivity contribution in [3.05, 3.63) is 18.0 Å². The van der Waals surface area contributed by atoms with Crippen molar-refractivity contribution in [1.82, 2.24) is 15.5 Å². The van der Waals surface area contributed by atoms with Crippen LogP contribution in [0.25, 0.3) is 11.4 Å². The van der Waals surface area contributed by atoms with Gasteiger partial charge in [0, 0.05) is 38.7 Å². The third kappa shape index (κ3) is 5.58. The number of amides is 1. The smallest absolute Gasteiger partial charge is 0.227 e. The second kappa shape index (κ2) is 10.4. The summed E-state index contributed by atoms with van der Waals surface area (Å²) >= 11 is 0. The van der Waals surface area contributed by atoms with Gasteiger partial charge in [0.1, 0.15) is 0 Å². The number of carbonyl (C=O) groups excluding carboxylic acids is 1. The van der Waals surface area contributed by atoms with Crippen LogP contribution in [0.5, 0.6) is 17.2 Å². The maximum atomic E-state index is 11.8. The fraction of sp³-hybridized carbons (Fsp3) is 0.500. The number of aryl methyl sites for hydroxylation is 1. The van der Waals surface area contributed by atoms with Crippen LogP contribution in [-0.4, -0.2) is 57.6 Å². The molecule has 0 fully saturated rings. The Hall–Kier alpha value is -2.81. The summed E-state index contributed by atoms with van der Waals surface area (Å²) in [5.41, 5.74) is 0.656. The molecule has 27 heavy (non-hydrogen) atoms. The SMILES string of the molecule is COCCCNC(=O)CCc1nc(-c2cc(OC)c(OC)c(OC)c2)no1. The third-order valence-corrected chi connectivity index (χ3v) is 3.80. The highest BCUT2D eigenvalue weighted by Gasteiger charge is 2.17. The molecule has 9 nitrogen and oxygen atoms in total. The minimum Gasteiger partial charge on any atom is -0.493 e. The van der Waals surface area contributed by atoms with Gasteiger partial charge in [0.05, 0.1) is 21.3 Å². The minimum absolute atomic E-state index is 0.0707. The third-order valence-electron chi connectivity index (χ3n) is 3.80. The Kier molecular flexibility index (Phi) is 7.87. The number of ether oxygens (including phenoxy) is 4. The lowest BCUT2D eigenvalue weighted by atomic mass is 10.1. The highest BCUT2D eigenvalue weighted by atomic mass is 16.5. The van der Waals surface area contributed by atoms with E-state index in [0.29, 0.717) is 54.1 Å². The molecule has 0 saturated heterocycles. The quantitative estimate of drug-likeness (QED) is 0.590. The maximum Gasteiger partial charge on any atom is 0.227 e. The van der Waals surface area contributed by atoms with E-state index in [9.17, 15) is 4.79 Å². The Bertz CT molecular complexity index is 721. The summed E-state index contributed by atoms with van der Waals surface area (Å²) in [6.07, 6.45) is 1.39. The molecule has 1 amide bonds. The molecule has 0 aliphatic carbocycles. The van der Waals surface area contributed by atoms with Crippen molar-refractivity contribution < 1.29 is 28.3 Å². The maximum absolute atomic E-state index is 11.8. The van der Waals surface area contributed by atoms with Crippen molar-refractivity contribution in [3.8, 4) is 28.6 Å². The predicted molar refractivity (Wildman–Crippen MR) is 97.2 cm³/mol. The van der Waals surface area contributed by atoms with Crippen LogP contribution in [0.3, 0.4) is 0 Å². The summed E-state index contributed by atoms with van der Waals surface area (Å²) in [5.74, 6) is 2.16. The van der Waals surface area contributed by atoms with Crippen molar-refractivity contribution in [2.24, 2.45) is 0 Å². The van der Waals surface area contributed by atoms with Gasteiger partial charge < -0.3 is 28.8 Å². The first kappa shape index (κ1) is 20.5. The summed E-state index contributed by atoms with van der Waals surface area (Å²) in [4.78, 5) is 16.1. The zero-order valence-electron chi connectivity index (χ0n) is 16.0. The van der Waals surface area contributed by atoms with Crippen LogP contribution in [0, 0.1) is 0 Å². The summed E-state index contributed by atoms with van der Waals surface area (Å²) in [7, 11) is 6.23. The topological polar surface area (TPSA) is 105 Å². The molecule has 1 heterocycles. The fourth-order valence-electron chi connectivity index (χ4n) is 2.44. The Morgan fingerprint density at radius 3 is 2.41 bits per heavy atom. The van der Waals surface area contributed by atoms with E-state index >= 15 is 0 Å². The largest absolute Gasteiger partial charge is 0.493 e. The van der Waals surface area contributed by atoms with E-state index in [1.54, 1.807) is 19.2 Å². The monoisotopic (exact) mass is 379 g/mol. The number of carbonyl (C=O) groups is 1. The molecule has 0 aliphatic rings. The second-order valence-corrected chi connectivity index (χ2v) is 5.62. The lowest BCUT2D eigenvalue weighted by Gasteiger charge is -2.12. The zero-order valence-corrected chi connectivity index (χ0v) is 16.0. The molecule has 1 aromatic heterocycles. The number of hydrogen-bond acceptors (Lipinski definition) is 8.